The number of aryl methyl sites for hydroxylation is 3. The Morgan fingerprint density at radius 2 is 1.68 bits per heavy atom. The summed E-state index contributed by atoms with van der Waals surface area (Å²) in [7, 11) is 0. The summed E-state index contributed by atoms with van der Waals surface area (Å²) in [5, 5.41) is 2.08. The van der Waals surface area contributed by atoms with Crippen LogP contribution in [-0.4, -0.2) is 0 Å². The smallest absolute Gasteiger partial charge is 0.344 e. The third-order valence-electron chi connectivity index (χ3n) is 3.94. The highest BCUT2D eigenvalue weighted by Gasteiger charge is 2.18. The lowest BCUT2D eigenvalue weighted by Gasteiger charge is -2.13. The summed E-state index contributed by atoms with van der Waals surface area (Å²) < 4.78 is 5.53. The van der Waals surface area contributed by atoms with Gasteiger partial charge in [-0.15, -0.1) is 0 Å². The number of rotatable bonds is 1. The molecule has 112 valence electrons. The Labute approximate surface area is 138 Å². The van der Waals surface area contributed by atoms with Crippen LogP contribution < -0.4 is 5.63 Å². The second kappa shape index (κ2) is 5.45. The Bertz CT molecular complexity index is 955. The van der Waals surface area contributed by atoms with Gasteiger partial charge in [0.25, 0.3) is 0 Å². The molecule has 0 aliphatic heterocycles. The van der Waals surface area contributed by atoms with E-state index in [0.717, 1.165) is 22.1 Å². The molecule has 0 atom stereocenters. The van der Waals surface area contributed by atoms with Gasteiger partial charge in [0.2, 0.25) is 0 Å². The fraction of sp³-hybridized carbons (Fsp3) is 0.167. The van der Waals surface area contributed by atoms with Crippen molar-refractivity contribution in [3.8, 4) is 11.1 Å². The van der Waals surface area contributed by atoms with Crippen LogP contribution in [0.25, 0.3) is 22.1 Å². The molecule has 4 heteroatoms. The van der Waals surface area contributed by atoms with Crippen molar-refractivity contribution in [2.75, 3.05) is 0 Å². The van der Waals surface area contributed by atoms with E-state index in [1.54, 1.807) is 12.1 Å². The van der Waals surface area contributed by atoms with Gasteiger partial charge in [0.1, 0.15) is 5.58 Å². The van der Waals surface area contributed by atoms with Crippen LogP contribution in [0.2, 0.25) is 10.0 Å². The van der Waals surface area contributed by atoms with Gasteiger partial charge in [-0.05, 0) is 49.6 Å². The minimum Gasteiger partial charge on any atom is -0.422 e. The molecule has 3 rings (SSSR count). The number of fused-ring (bicyclic) bond motifs is 1. The fourth-order valence-corrected chi connectivity index (χ4v) is 3.25. The molecule has 0 aliphatic rings. The largest absolute Gasteiger partial charge is 0.422 e. The molecule has 0 saturated carbocycles. The minimum atomic E-state index is -0.390. The lowest BCUT2D eigenvalue weighted by Crippen LogP contribution is -2.07. The van der Waals surface area contributed by atoms with Crippen LogP contribution in [0.15, 0.2) is 39.5 Å². The molecular weight excluding hydrogens is 319 g/mol. The van der Waals surface area contributed by atoms with E-state index in [4.69, 9.17) is 27.6 Å². The quantitative estimate of drug-likeness (QED) is 0.535. The van der Waals surface area contributed by atoms with E-state index in [-0.39, 0.29) is 5.63 Å². The summed E-state index contributed by atoms with van der Waals surface area (Å²) in [6, 6.07) is 9.05. The molecule has 0 bridgehead atoms. The van der Waals surface area contributed by atoms with E-state index in [2.05, 4.69) is 0 Å². The lowest BCUT2D eigenvalue weighted by atomic mass is 9.96. The standard InChI is InChI=1S/C18H14Cl2O2/c1-9-8-14-15(11(3)17(9)20)10(2)16(18(21)22-14)12-6-4-5-7-13(12)19/h4-8H,1-3H3. The third-order valence-corrected chi connectivity index (χ3v) is 4.86. The van der Waals surface area contributed by atoms with Crippen LogP contribution in [0, 0.1) is 20.8 Å². The molecule has 1 heterocycles. The molecule has 22 heavy (non-hydrogen) atoms. The molecule has 2 aromatic carbocycles. The summed E-state index contributed by atoms with van der Waals surface area (Å²) in [5.74, 6) is 0. The Hall–Kier alpha value is -1.77. The maximum absolute atomic E-state index is 12.5. The fourth-order valence-electron chi connectivity index (χ4n) is 2.87. The number of benzene rings is 2. The number of hydrogen-bond acceptors (Lipinski definition) is 2. The predicted octanol–water partition coefficient (Wildman–Crippen LogP) is 5.69. The van der Waals surface area contributed by atoms with Crippen molar-refractivity contribution in [3.05, 3.63) is 67.5 Å². The van der Waals surface area contributed by atoms with Gasteiger partial charge in [-0.25, -0.2) is 4.79 Å². The molecule has 0 aliphatic carbocycles. The van der Waals surface area contributed by atoms with Gasteiger partial charge in [0.05, 0.1) is 5.56 Å². The second-order valence-electron chi connectivity index (χ2n) is 5.37. The Morgan fingerprint density at radius 3 is 2.36 bits per heavy atom. The molecule has 0 N–H and O–H groups in total. The molecule has 3 aromatic rings. The van der Waals surface area contributed by atoms with E-state index in [1.807, 2.05) is 39.0 Å². The van der Waals surface area contributed by atoms with Gasteiger partial charge >= 0.3 is 5.63 Å². The van der Waals surface area contributed by atoms with Crippen molar-refractivity contribution in [1.29, 1.82) is 0 Å². The van der Waals surface area contributed by atoms with Crippen molar-refractivity contribution >= 4 is 34.2 Å². The average Bonchev–Trinajstić information content (AvgIpc) is 2.46. The zero-order valence-electron chi connectivity index (χ0n) is 12.5. The summed E-state index contributed by atoms with van der Waals surface area (Å²) in [5.41, 5.74) is 3.95. The van der Waals surface area contributed by atoms with Gasteiger partial charge in [0, 0.05) is 21.0 Å². The summed E-state index contributed by atoms with van der Waals surface area (Å²) in [6.45, 7) is 5.73. The first-order chi connectivity index (χ1) is 10.4. The molecule has 0 saturated heterocycles. The normalized spacial score (nSPS) is 11.1. The number of hydrogen-bond donors (Lipinski definition) is 0. The summed E-state index contributed by atoms with van der Waals surface area (Å²) in [6.07, 6.45) is 0. The molecule has 0 amide bonds. The van der Waals surface area contributed by atoms with Crippen molar-refractivity contribution in [3.63, 3.8) is 0 Å². The predicted molar refractivity (Wildman–Crippen MR) is 92.2 cm³/mol. The first kappa shape index (κ1) is 15.1. The van der Waals surface area contributed by atoms with Gasteiger partial charge in [0.15, 0.2) is 0 Å². The number of halogens is 2. The van der Waals surface area contributed by atoms with Gasteiger partial charge in [-0.2, -0.15) is 0 Å². The van der Waals surface area contributed by atoms with Crippen LogP contribution in [-0.2, 0) is 0 Å². The molecule has 0 radical (unpaired) electrons. The highest BCUT2D eigenvalue weighted by atomic mass is 35.5. The third kappa shape index (κ3) is 2.23. The molecule has 0 unspecified atom stereocenters. The molecule has 2 nitrogen and oxygen atoms in total. The zero-order chi connectivity index (χ0) is 16.0. The van der Waals surface area contributed by atoms with Crippen LogP contribution in [0.3, 0.4) is 0 Å². The zero-order valence-corrected chi connectivity index (χ0v) is 14.0. The highest BCUT2D eigenvalue weighted by Crippen LogP contribution is 2.35. The monoisotopic (exact) mass is 332 g/mol. The van der Waals surface area contributed by atoms with Gasteiger partial charge in [-0.1, -0.05) is 41.4 Å². The van der Waals surface area contributed by atoms with Crippen molar-refractivity contribution in [2.24, 2.45) is 0 Å². The van der Waals surface area contributed by atoms with E-state index >= 15 is 0 Å². The Morgan fingerprint density at radius 1 is 1.00 bits per heavy atom. The van der Waals surface area contributed by atoms with E-state index in [0.29, 0.717) is 26.8 Å². The first-order valence-corrected chi connectivity index (χ1v) is 7.65. The van der Waals surface area contributed by atoms with Crippen molar-refractivity contribution < 1.29 is 4.42 Å². The van der Waals surface area contributed by atoms with Crippen LogP contribution in [0.1, 0.15) is 16.7 Å². The van der Waals surface area contributed by atoms with Gasteiger partial charge in [-0.3, -0.25) is 0 Å². The molecule has 1 aromatic heterocycles. The van der Waals surface area contributed by atoms with Gasteiger partial charge < -0.3 is 4.42 Å². The van der Waals surface area contributed by atoms with E-state index in [1.165, 1.54) is 0 Å². The van der Waals surface area contributed by atoms with Crippen molar-refractivity contribution in [2.45, 2.75) is 20.8 Å². The second-order valence-corrected chi connectivity index (χ2v) is 6.16. The topological polar surface area (TPSA) is 30.2 Å². The Balaban J connectivity index is 2.49. The first-order valence-electron chi connectivity index (χ1n) is 6.90. The van der Waals surface area contributed by atoms with Crippen LogP contribution >= 0.6 is 23.2 Å². The Kier molecular flexibility index (Phi) is 3.75. The van der Waals surface area contributed by atoms with E-state index < -0.39 is 0 Å². The maximum atomic E-state index is 12.5. The summed E-state index contributed by atoms with van der Waals surface area (Å²) >= 11 is 12.6. The SMILES string of the molecule is Cc1cc2oc(=O)c(-c3ccccc3Cl)c(C)c2c(C)c1Cl. The maximum Gasteiger partial charge on any atom is 0.344 e. The summed E-state index contributed by atoms with van der Waals surface area (Å²) in [4.78, 5) is 12.5. The molecular formula is C18H14Cl2O2. The molecule has 0 fully saturated rings. The highest BCUT2D eigenvalue weighted by molar-refractivity contribution is 6.34. The average molecular weight is 333 g/mol. The van der Waals surface area contributed by atoms with Crippen LogP contribution in [0.5, 0.6) is 0 Å². The lowest BCUT2D eigenvalue weighted by molar-refractivity contribution is 0.562. The van der Waals surface area contributed by atoms with E-state index in [9.17, 15) is 4.79 Å². The van der Waals surface area contributed by atoms with Crippen molar-refractivity contribution in [1.82, 2.24) is 0 Å². The molecule has 0 spiro atoms. The van der Waals surface area contributed by atoms with Crippen LogP contribution in [0.4, 0.5) is 0 Å². The minimum absolute atomic E-state index is 0.390.